The highest BCUT2D eigenvalue weighted by molar-refractivity contribution is 14.1. The van der Waals surface area contributed by atoms with Gasteiger partial charge in [0.15, 0.2) is 11.5 Å². The lowest BCUT2D eigenvalue weighted by Gasteiger charge is -2.15. The molecule has 0 radical (unpaired) electrons. The van der Waals surface area contributed by atoms with E-state index in [-0.39, 0.29) is 12.3 Å². The number of imide groups is 1. The molecule has 1 fully saturated rings. The molecule has 0 aliphatic carbocycles. The van der Waals surface area contributed by atoms with Crippen LogP contribution in [0.3, 0.4) is 0 Å². The van der Waals surface area contributed by atoms with Crippen LogP contribution in [0.15, 0.2) is 66.4 Å². The van der Waals surface area contributed by atoms with Gasteiger partial charge in [-0.05, 0) is 77.6 Å². The van der Waals surface area contributed by atoms with Gasteiger partial charge in [-0.15, -0.1) is 0 Å². The first kappa shape index (κ1) is 24.4. The van der Waals surface area contributed by atoms with Crippen LogP contribution >= 0.6 is 45.8 Å². The number of nitrogens with one attached hydrogen (secondary N) is 1. The van der Waals surface area contributed by atoms with Gasteiger partial charge in [0.1, 0.15) is 12.3 Å². The maximum atomic E-state index is 12.9. The molecule has 3 amide bonds. The summed E-state index contributed by atoms with van der Waals surface area (Å²) in [6.45, 7) is 2.58. The highest BCUT2D eigenvalue weighted by Crippen LogP contribution is 2.36. The molecule has 0 aromatic heterocycles. The van der Waals surface area contributed by atoms with Crippen LogP contribution in [-0.4, -0.2) is 18.5 Å². The number of benzene rings is 3. The predicted octanol–water partition coefficient (Wildman–Crippen LogP) is 6.67. The SMILES string of the molecule is CCOc1cc(/C=C2/NC(=O)N(c3cccc(Cl)c3)C2=O)cc(I)c1OCc1ccccc1Cl. The Balaban J connectivity index is 1.61. The largest absolute Gasteiger partial charge is 0.490 e. The highest BCUT2D eigenvalue weighted by Gasteiger charge is 2.35. The summed E-state index contributed by atoms with van der Waals surface area (Å²) in [5, 5.41) is 3.68. The molecule has 174 valence electrons. The first-order chi connectivity index (χ1) is 16.4. The topological polar surface area (TPSA) is 67.9 Å². The minimum Gasteiger partial charge on any atom is -0.490 e. The zero-order chi connectivity index (χ0) is 24.2. The average Bonchev–Trinajstić information content (AvgIpc) is 3.07. The van der Waals surface area contributed by atoms with Gasteiger partial charge in [0.05, 0.1) is 15.9 Å². The van der Waals surface area contributed by atoms with Crippen molar-refractivity contribution in [1.82, 2.24) is 5.32 Å². The van der Waals surface area contributed by atoms with Crippen LogP contribution in [0.5, 0.6) is 11.5 Å². The van der Waals surface area contributed by atoms with Crippen LogP contribution in [0.25, 0.3) is 6.08 Å². The van der Waals surface area contributed by atoms with Gasteiger partial charge < -0.3 is 14.8 Å². The number of carbonyl (C=O) groups is 2. The first-order valence-electron chi connectivity index (χ1n) is 10.3. The van der Waals surface area contributed by atoms with Gasteiger partial charge in [-0.1, -0.05) is 47.5 Å². The quantitative estimate of drug-likeness (QED) is 0.185. The zero-order valence-corrected chi connectivity index (χ0v) is 21.6. The molecule has 1 N–H and O–H groups in total. The van der Waals surface area contributed by atoms with E-state index in [1.165, 1.54) is 0 Å². The van der Waals surface area contributed by atoms with Crippen molar-refractivity contribution >= 4 is 69.5 Å². The van der Waals surface area contributed by atoms with E-state index in [9.17, 15) is 9.59 Å². The van der Waals surface area contributed by atoms with E-state index in [0.29, 0.717) is 39.4 Å². The summed E-state index contributed by atoms with van der Waals surface area (Å²) in [6.07, 6.45) is 1.60. The predicted molar refractivity (Wildman–Crippen MR) is 142 cm³/mol. The molecule has 9 heteroatoms. The summed E-state index contributed by atoms with van der Waals surface area (Å²) in [5.74, 6) is 0.628. The van der Waals surface area contributed by atoms with Crippen LogP contribution in [-0.2, 0) is 11.4 Å². The lowest BCUT2D eigenvalue weighted by Crippen LogP contribution is -2.30. The fraction of sp³-hybridized carbons (Fsp3) is 0.120. The van der Waals surface area contributed by atoms with E-state index < -0.39 is 11.9 Å². The summed E-state index contributed by atoms with van der Waals surface area (Å²) < 4.78 is 12.6. The van der Waals surface area contributed by atoms with Crippen LogP contribution in [0, 0.1) is 3.57 Å². The van der Waals surface area contributed by atoms with Crippen molar-refractivity contribution in [3.05, 3.63) is 91.1 Å². The molecule has 6 nitrogen and oxygen atoms in total. The van der Waals surface area contributed by atoms with Crippen LogP contribution in [0.4, 0.5) is 10.5 Å². The van der Waals surface area contributed by atoms with E-state index in [0.717, 1.165) is 14.0 Å². The highest BCUT2D eigenvalue weighted by atomic mass is 127. The molecule has 1 aliphatic rings. The third-order valence-electron chi connectivity index (χ3n) is 4.92. The van der Waals surface area contributed by atoms with Crippen molar-refractivity contribution in [1.29, 1.82) is 0 Å². The molecule has 3 aromatic carbocycles. The van der Waals surface area contributed by atoms with E-state index in [1.807, 2.05) is 37.3 Å². The summed E-state index contributed by atoms with van der Waals surface area (Å²) in [4.78, 5) is 26.5. The molecule has 3 aromatic rings. The Labute approximate surface area is 220 Å². The number of nitrogens with zero attached hydrogens (tertiary/aromatic N) is 1. The van der Waals surface area contributed by atoms with E-state index in [1.54, 1.807) is 36.4 Å². The molecular weight excluding hydrogens is 590 g/mol. The van der Waals surface area contributed by atoms with E-state index in [4.69, 9.17) is 32.7 Å². The van der Waals surface area contributed by atoms with Gasteiger partial charge in [-0.3, -0.25) is 4.79 Å². The van der Waals surface area contributed by atoms with Crippen LogP contribution in [0.2, 0.25) is 10.0 Å². The first-order valence-corrected chi connectivity index (χ1v) is 12.2. The van der Waals surface area contributed by atoms with E-state index in [2.05, 4.69) is 27.9 Å². The molecule has 1 aliphatic heterocycles. The lowest BCUT2D eigenvalue weighted by molar-refractivity contribution is -0.113. The molecule has 1 heterocycles. The second kappa shape index (κ2) is 10.7. The summed E-state index contributed by atoms with van der Waals surface area (Å²) >= 11 is 14.4. The van der Waals surface area contributed by atoms with Crippen molar-refractivity contribution in [2.45, 2.75) is 13.5 Å². The Morgan fingerprint density at radius 3 is 2.56 bits per heavy atom. The summed E-state index contributed by atoms with van der Waals surface area (Å²) in [5.41, 5.74) is 2.07. The van der Waals surface area contributed by atoms with Gasteiger partial charge in [0, 0.05) is 15.6 Å². The number of carbonyl (C=O) groups excluding carboxylic acids is 2. The van der Waals surface area contributed by atoms with Crippen molar-refractivity contribution in [2.24, 2.45) is 0 Å². The Hall–Kier alpha value is -2.75. The third kappa shape index (κ3) is 5.32. The molecule has 0 bridgehead atoms. The molecule has 34 heavy (non-hydrogen) atoms. The van der Waals surface area contributed by atoms with Crippen molar-refractivity contribution in [3.63, 3.8) is 0 Å². The lowest BCUT2D eigenvalue weighted by atomic mass is 10.1. The maximum absolute atomic E-state index is 12.9. The molecule has 1 saturated heterocycles. The summed E-state index contributed by atoms with van der Waals surface area (Å²) in [7, 11) is 0. The Morgan fingerprint density at radius 2 is 1.82 bits per heavy atom. The molecule has 0 unspecified atom stereocenters. The number of ether oxygens (including phenoxy) is 2. The normalized spacial score (nSPS) is 14.5. The Bertz CT molecular complexity index is 1300. The number of halogens is 3. The van der Waals surface area contributed by atoms with Gasteiger partial charge in [-0.25, -0.2) is 9.69 Å². The maximum Gasteiger partial charge on any atom is 0.333 e. The Morgan fingerprint density at radius 1 is 1.03 bits per heavy atom. The minimum atomic E-state index is -0.544. The van der Waals surface area contributed by atoms with Crippen LogP contribution in [0.1, 0.15) is 18.1 Å². The number of hydrogen-bond donors (Lipinski definition) is 1. The number of amides is 3. The summed E-state index contributed by atoms with van der Waals surface area (Å²) in [6, 6.07) is 17.1. The van der Waals surface area contributed by atoms with Crippen molar-refractivity contribution < 1.29 is 19.1 Å². The Kier molecular flexibility index (Phi) is 7.65. The van der Waals surface area contributed by atoms with E-state index >= 15 is 0 Å². The van der Waals surface area contributed by atoms with Gasteiger partial charge in [-0.2, -0.15) is 0 Å². The fourth-order valence-corrected chi connectivity index (χ4v) is 4.55. The molecule has 0 atom stereocenters. The number of rotatable bonds is 7. The molecule has 0 saturated carbocycles. The smallest absolute Gasteiger partial charge is 0.333 e. The standard InChI is InChI=1S/C25H19Cl2IN2O4/c1-2-33-22-12-15(10-20(28)23(22)34-14-16-6-3-4-9-19(16)27)11-21-24(31)30(25(32)29-21)18-8-5-7-17(26)13-18/h3-13H,2,14H2,1H3,(H,29,32)/b21-11+. The zero-order valence-electron chi connectivity index (χ0n) is 18.0. The number of hydrogen-bond acceptors (Lipinski definition) is 4. The third-order valence-corrected chi connectivity index (χ3v) is 6.32. The second-order valence-corrected chi connectivity index (χ2v) is 9.26. The molecule has 4 rings (SSSR count). The van der Waals surface area contributed by atoms with Crippen molar-refractivity contribution in [3.8, 4) is 11.5 Å². The van der Waals surface area contributed by atoms with Gasteiger partial charge >= 0.3 is 6.03 Å². The number of anilines is 1. The molecular formula is C25H19Cl2IN2O4. The molecule has 0 spiro atoms. The minimum absolute atomic E-state index is 0.146. The monoisotopic (exact) mass is 608 g/mol. The fourth-order valence-electron chi connectivity index (χ4n) is 3.39. The van der Waals surface area contributed by atoms with Crippen molar-refractivity contribution in [2.75, 3.05) is 11.5 Å². The number of urea groups is 1. The van der Waals surface area contributed by atoms with Gasteiger partial charge in [0.25, 0.3) is 5.91 Å². The second-order valence-electron chi connectivity index (χ2n) is 7.25. The van der Waals surface area contributed by atoms with Crippen LogP contribution < -0.4 is 19.7 Å². The van der Waals surface area contributed by atoms with Gasteiger partial charge in [0.2, 0.25) is 0 Å². The average molecular weight is 609 g/mol.